The normalized spacial score (nSPS) is 1.20. The van der Waals surface area contributed by atoms with E-state index < -0.39 is 0 Å². The van der Waals surface area contributed by atoms with Crippen LogP contribution < -0.4 is 0 Å². The summed E-state index contributed by atoms with van der Waals surface area (Å²) >= 11 is 2.94. The average molecular weight is 371 g/mol. The monoisotopic (exact) mass is 371 g/mol. The molecular weight excluding hydrogens is 369 g/mol. The van der Waals surface area contributed by atoms with Crippen LogP contribution in [-0.2, 0) is 69.6 Å². The maximum absolute atomic E-state index is 7.81. The number of rotatable bonds is 0. The molecule has 0 rings (SSSR count). The first kappa shape index (κ1) is 23.6. The molecule has 1 nitrogen and oxygen atoms in total. The molecule has 0 unspecified atom stereocenters. The van der Waals surface area contributed by atoms with E-state index in [1.807, 2.05) is 0 Å². The van der Waals surface area contributed by atoms with E-state index in [1.165, 1.54) is 0 Å². The minimum absolute atomic E-state index is 0. The zero-order valence-electron chi connectivity index (χ0n) is 1.59. The molecule has 0 aromatic heterocycles. The standard InChI is InChI=1S/Ba.2Cu.O.Y.2H. The SMILES string of the molecule is [BaH2].[Cu].[O]=[Cu].[Y]. The first-order valence-corrected chi connectivity index (χ1v) is 0.508. The molecule has 0 heterocycles. The van der Waals surface area contributed by atoms with E-state index in [4.69, 9.17) is 3.83 Å². The molecular formula is H2BaCu2OY. The van der Waals surface area contributed by atoms with Crippen molar-refractivity contribution < 1.29 is 69.6 Å². The van der Waals surface area contributed by atoms with E-state index in [0.29, 0.717) is 0 Å². The van der Waals surface area contributed by atoms with Crippen molar-refractivity contribution in [3.63, 3.8) is 0 Å². The van der Waals surface area contributed by atoms with Gasteiger partial charge in [-0.3, -0.25) is 0 Å². The van der Waals surface area contributed by atoms with Crippen molar-refractivity contribution in [3.05, 3.63) is 0 Å². The molecule has 0 aliphatic carbocycles. The third-order valence-corrected chi connectivity index (χ3v) is 0. The summed E-state index contributed by atoms with van der Waals surface area (Å²) in [5.41, 5.74) is 0. The van der Waals surface area contributed by atoms with E-state index in [-0.39, 0.29) is 98.7 Å². The molecule has 5 heavy (non-hydrogen) atoms. The van der Waals surface area contributed by atoms with Gasteiger partial charge in [0.05, 0.1) is 0 Å². The zero-order valence-corrected chi connectivity index (χ0v) is 6.31. The third kappa shape index (κ3) is 18.5. The van der Waals surface area contributed by atoms with Crippen LogP contribution in [0.2, 0.25) is 0 Å². The molecule has 2 radical (unpaired) electrons. The van der Waals surface area contributed by atoms with Gasteiger partial charge < -0.3 is 0 Å². The Kier molecular flexibility index (Phi) is 122. The van der Waals surface area contributed by atoms with Crippen molar-refractivity contribution in [1.29, 1.82) is 0 Å². The largest absolute Gasteiger partial charge is 0 e. The summed E-state index contributed by atoms with van der Waals surface area (Å²) in [5, 5.41) is 0. The van der Waals surface area contributed by atoms with E-state index in [1.54, 1.807) is 0 Å². The van der Waals surface area contributed by atoms with Gasteiger partial charge in [-0.05, 0) is 0 Å². The second-order valence-electron chi connectivity index (χ2n) is 0. The molecule has 0 saturated carbocycles. The van der Waals surface area contributed by atoms with Crippen LogP contribution in [0, 0.1) is 0 Å². The average Bonchev–Trinajstić information content (AvgIpc) is 1.00. The first-order chi connectivity index (χ1) is 1.00. The van der Waals surface area contributed by atoms with Gasteiger partial charge in [0.2, 0.25) is 0 Å². The zero-order chi connectivity index (χ0) is 2.00. The fraction of sp³-hybridized carbons (Fsp3) is 0. The minimum Gasteiger partial charge on any atom is 0 e. The van der Waals surface area contributed by atoms with Crippen LogP contribution in [-0.4, -0.2) is 48.9 Å². The predicted molar refractivity (Wildman–Crippen MR) is 9.23 cm³/mol. The van der Waals surface area contributed by atoms with Gasteiger partial charge in [0, 0.05) is 49.8 Å². The smallest absolute Gasteiger partial charge is 0 e. The van der Waals surface area contributed by atoms with Crippen LogP contribution in [0.3, 0.4) is 0 Å². The molecule has 0 saturated heterocycles. The van der Waals surface area contributed by atoms with E-state index in [9.17, 15) is 0 Å². The van der Waals surface area contributed by atoms with E-state index >= 15 is 0 Å². The number of hydrogen-bond acceptors (Lipinski definition) is 1. The molecule has 0 aliphatic heterocycles. The van der Waals surface area contributed by atoms with Gasteiger partial charge in [-0.15, -0.1) is 0 Å². The number of hydrogen-bond donors (Lipinski definition) is 0. The second kappa shape index (κ2) is 25.8. The van der Waals surface area contributed by atoms with Crippen molar-refractivity contribution in [3.8, 4) is 0 Å². The molecule has 0 spiro atoms. The van der Waals surface area contributed by atoms with Gasteiger partial charge >= 0.3 is 68.7 Å². The van der Waals surface area contributed by atoms with Gasteiger partial charge in [0.15, 0.2) is 0 Å². The topological polar surface area (TPSA) is 17.1 Å². The van der Waals surface area contributed by atoms with Crippen LogP contribution >= 0.6 is 0 Å². The predicted octanol–water partition coefficient (Wildman–Crippen LogP) is -1.04. The summed E-state index contributed by atoms with van der Waals surface area (Å²) in [6.45, 7) is 0. The summed E-state index contributed by atoms with van der Waals surface area (Å²) in [7, 11) is 0. The Morgan fingerprint density at radius 1 is 1.20 bits per heavy atom. The molecule has 0 aromatic rings. The maximum Gasteiger partial charge on any atom is 0 e. The van der Waals surface area contributed by atoms with E-state index in [2.05, 4.69) is 15.9 Å². The van der Waals surface area contributed by atoms with E-state index in [0.717, 1.165) is 0 Å². The summed E-state index contributed by atoms with van der Waals surface area (Å²) in [6, 6.07) is 0. The third-order valence-electron chi connectivity index (χ3n) is 0. The maximum atomic E-state index is 7.81. The fourth-order valence-corrected chi connectivity index (χ4v) is 0. The van der Waals surface area contributed by atoms with Gasteiger partial charge in [-0.25, -0.2) is 0 Å². The van der Waals surface area contributed by atoms with Gasteiger partial charge in [0.25, 0.3) is 0 Å². The van der Waals surface area contributed by atoms with Crippen LogP contribution in [0.5, 0.6) is 0 Å². The molecule has 0 N–H and O–H groups in total. The van der Waals surface area contributed by atoms with Crippen molar-refractivity contribution >= 4 is 48.9 Å². The quantitative estimate of drug-likeness (QED) is 0.497. The first-order valence-electron chi connectivity index (χ1n) is 0.123. The second-order valence-corrected chi connectivity index (χ2v) is 0. The Hall–Kier alpha value is 3.51. The molecule has 0 bridgehead atoms. The van der Waals surface area contributed by atoms with Crippen molar-refractivity contribution in [2.24, 2.45) is 0 Å². The molecule has 0 aromatic carbocycles. The molecule has 0 amide bonds. The molecule has 0 aliphatic rings. The Bertz CT molecular complexity index is 9.61. The minimum atomic E-state index is 0. The Balaban J connectivity index is -0.00000000167. The Morgan fingerprint density at radius 3 is 1.20 bits per heavy atom. The summed E-state index contributed by atoms with van der Waals surface area (Å²) in [4.78, 5) is 0. The van der Waals surface area contributed by atoms with Crippen molar-refractivity contribution in [2.45, 2.75) is 0 Å². The van der Waals surface area contributed by atoms with Crippen LogP contribution in [0.1, 0.15) is 0 Å². The summed E-state index contributed by atoms with van der Waals surface area (Å²) in [6.07, 6.45) is 0. The van der Waals surface area contributed by atoms with Crippen LogP contribution in [0.4, 0.5) is 0 Å². The molecule has 0 atom stereocenters. The van der Waals surface area contributed by atoms with Crippen LogP contribution in [0.15, 0.2) is 0 Å². The molecule has 5 heteroatoms. The van der Waals surface area contributed by atoms with Crippen molar-refractivity contribution in [2.75, 3.05) is 0 Å². The van der Waals surface area contributed by atoms with Gasteiger partial charge in [0.1, 0.15) is 0 Å². The van der Waals surface area contributed by atoms with Crippen LogP contribution in [0.25, 0.3) is 0 Å². The van der Waals surface area contributed by atoms with Crippen molar-refractivity contribution in [1.82, 2.24) is 0 Å². The summed E-state index contributed by atoms with van der Waals surface area (Å²) < 4.78 is 7.81. The fourth-order valence-electron chi connectivity index (χ4n) is 0. The Labute approximate surface area is 115 Å². The van der Waals surface area contributed by atoms with Gasteiger partial charge in [-0.1, -0.05) is 0 Å². The van der Waals surface area contributed by atoms with Gasteiger partial charge in [-0.2, -0.15) is 0 Å². The molecule has 35 valence electrons. The Morgan fingerprint density at radius 2 is 1.20 bits per heavy atom. The summed E-state index contributed by atoms with van der Waals surface area (Å²) in [5.74, 6) is 0. The molecule has 0 fully saturated rings.